The van der Waals surface area contributed by atoms with E-state index in [1.807, 2.05) is 0 Å². The van der Waals surface area contributed by atoms with E-state index < -0.39 is 0 Å². The van der Waals surface area contributed by atoms with Crippen molar-refractivity contribution < 1.29 is 0 Å². The third-order valence-corrected chi connectivity index (χ3v) is 4.69. The van der Waals surface area contributed by atoms with Crippen LogP contribution < -0.4 is 0 Å². The molecule has 1 aliphatic carbocycles. The second-order valence-electron chi connectivity index (χ2n) is 2.23. The van der Waals surface area contributed by atoms with Crippen molar-refractivity contribution in [1.29, 1.82) is 0 Å². The molecule has 0 spiro atoms. The Morgan fingerprint density at radius 2 is 2.56 bits per heavy atom. The van der Waals surface area contributed by atoms with Gasteiger partial charge in [0.25, 0.3) is 0 Å². The van der Waals surface area contributed by atoms with Gasteiger partial charge < -0.3 is 0 Å². The van der Waals surface area contributed by atoms with Gasteiger partial charge in [-0.2, -0.15) is 0 Å². The van der Waals surface area contributed by atoms with Crippen molar-refractivity contribution in [2.45, 2.75) is 10.9 Å². The number of hydrogen-bond acceptors (Lipinski definition) is 0. The van der Waals surface area contributed by atoms with E-state index in [2.05, 4.69) is 31.2 Å². The van der Waals surface area contributed by atoms with Gasteiger partial charge in [-0.3, -0.25) is 0 Å². The van der Waals surface area contributed by atoms with Crippen molar-refractivity contribution in [2.75, 3.05) is 0 Å². The van der Waals surface area contributed by atoms with Crippen molar-refractivity contribution in [3.8, 4) is 0 Å². The predicted octanol–water partition coefficient (Wildman–Crippen LogP) is 1.70. The molecule has 0 saturated heterocycles. The van der Waals surface area contributed by atoms with Crippen molar-refractivity contribution in [1.82, 2.24) is 0 Å². The average Bonchev–Trinajstić information content (AvgIpc) is 2.22. The molecule has 0 bridgehead atoms. The van der Waals surface area contributed by atoms with Crippen molar-refractivity contribution in [3.05, 3.63) is 33.5 Å². The fraction of sp³-hybridized carbons (Fsp3) is 0.250. The quantitative estimate of drug-likeness (QED) is 0.556. The Balaban J connectivity index is 2.35. The van der Waals surface area contributed by atoms with Crippen LogP contribution in [-0.4, -0.2) is 20.9 Å². The molecule has 1 heterocycles. The van der Waals surface area contributed by atoms with Crippen LogP contribution in [-0.2, 0) is 0 Å². The maximum atomic E-state index is 3.39. The van der Waals surface area contributed by atoms with Gasteiger partial charge in [-0.1, -0.05) is 0 Å². The zero-order valence-electron chi connectivity index (χ0n) is 5.22. The summed E-state index contributed by atoms with van der Waals surface area (Å²) in [5.41, 5.74) is 1.44. The summed E-state index contributed by atoms with van der Waals surface area (Å²) < 4.78 is 2.34. The minimum atomic E-state index is 0.121. The monoisotopic (exact) mass is 233 g/mol. The molecule has 0 aromatic heterocycles. The molecule has 2 rings (SSSR count). The van der Waals surface area contributed by atoms with E-state index in [-0.39, 0.29) is 20.9 Å². The molecule has 0 aromatic carbocycles. The molecule has 45 valence electrons. The number of rotatable bonds is 0. The van der Waals surface area contributed by atoms with Crippen LogP contribution in [0, 0.1) is 6.08 Å². The Morgan fingerprint density at radius 3 is 3.33 bits per heavy atom. The van der Waals surface area contributed by atoms with Crippen LogP contribution in [0.25, 0.3) is 0 Å². The van der Waals surface area contributed by atoms with Crippen LogP contribution in [0.15, 0.2) is 27.4 Å². The summed E-state index contributed by atoms with van der Waals surface area (Å²) >= 11 is 0.121. The summed E-state index contributed by atoms with van der Waals surface area (Å²) in [7, 11) is 0. The Labute approximate surface area is 65.4 Å². The number of fused-ring (bicyclic) bond motifs is 1. The number of allylic oxidation sites excluding steroid dienone is 6. The van der Waals surface area contributed by atoms with Gasteiger partial charge in [0.15, 0.2) is 0 Å². The first-order valence-corrected chi connectivity index (χ1v) is 5.53. The fourth-order valence-corrected chi connectivity index (χ4v) is 3.93. The van der Waals surface area contributed by atoms with Crippen molar-refractivity contribution >= 4 is 20.9 Å². The molecular formula is C8H7Te. The van der Waals surface area contributed by atoms with Crippen LogP contribution in [0.3, 0.4) is 0 Å². The Kier molecular flexibility index (Phi) is 1.29. The Morgan fingerprint density at radius 1 is 1.67 bits per heavy atom. The summed E-state index contributed by atoms with van der Waals surface area (Å²) in [6.45, 7) is 2.20. The first-order valence-electron chi connectivity index (χ1n) is 3.02. The SMILES string of the molecule is CC1=[C]C2=CC=CC2[Te]1. The first-order chi connectivity index (χ1) is 4.36. The van der Waals surface area contributed by atoms with E-state index in [4.69, 9.17) is 0 Å². The molecule has 0 amide bonds. The molecule has 0 fully saturated rings. The van der Waals surface area contributed by atoms with Gasteiger partial charge in [-0.15, -0.1) is 0 Å². The standard InChI is InChI=1S/C8H7Te/c1-6-5-7-3-2-4-8(7)9-6/h2-4,8H,1H3. The molecular weight excluding hydrogens is 224 g/mol. The van der Waals surface area contributed by atoms with Crippen molar-refractivity contribution in [3.63, 3.8) is 0 Å². The van der Waals surface area contributed by atoms with Crippen molar-refractivity contribution in [2.24, 2.45) is 0 Å². The maximum absolute atomic E-state index is 3.39. The summed E-state index contributed by atoms with van der Waals surface area (Å²) in [4.78, 5) is 0. The van der Waals surface area contributed by atoms with E-state index in [0.29, 0.717) is 0 Å². The molecule has 1 atom stereocenters. The summed E-state index contributed by atoms with van der Waals surface area (Å²) in [6.07, 6.45) is 10.0. The normalized spacial score (nSPS) is 30.1. The zero-order chi connectivity index (χ0) is 6.27. The van der Waals surface area contributed by atoms with Crippen LogP contribution in [0.2, 0.25) is 3.97 Å². The van der Waals surface area contributed by atoms with Crippen LogP contribution >= 0.6 is 0 Å². The van der Waals surface area contributed by atoms with Crippen LogP contribution in [0.4, 0.5) is 0 Å². The molecule has 1 unspecified atom stereocenters. The molecule has 1 radical (unpaired) electrons. The van der Waals surface area contributed by atoms with E-state index in [1.165, 1.54) is 9.19 Å². The van der Waals surface area contributed by atoms with Gasteiger partial charge in [-0.25, -0.2) is 0 Å². The fourth-order valence-electron chi connectivity index (χ4n) is 1.10. The third-order valence-electron chi connectivity index (χ3n) is 1.49. The summed E-state index contributed by atoms with van der Waals surface area (Å²) in [5, 5.41) is 0. The number of hydrogen-bond donors (Lipinski definition) is 0. The van der Waals surface area contributed by atoms with Crippen LogP contribution in [0.1, 0.15) is 6.92 Å². The second kappa shape index (κ2) is 2.01. The predicted molar refractivity (Wildman–Crippen MR) is 39.2 cm³/mol. The molecule has 9 heavy (non-hydrogen) atoms. The van der Waals surface area contributed by atoms with Gasteiger partial charge in [0.1, 0.15) is 0 Å². The third kappa shape index (κ3) is 0.892. The van der Waals surface area contributed by atoms with Crippen LogP contribution in [0.5, 0.6) is 0 Å². The van der Waals surface area contributed by atoms with E-state index in [1.54, 1.807) is 0 Å². The molecule has 0 saturated carbocycles. The average molecular weight is 231 g/mol. The van der Waals surface area contributed by atoms with E-state index >= 15 is 0 Å². The van der Waals surface area contributed by atoms with Gasteiger partial charge >= 0.3 is 65.3 Å². The second-order valence-corrected chi connectivity index (χ2v) is 6.10. The molecule has 1 aliphatic heterocycles. The molecule has 0 N–H and O–H groups in total. The van der Waals surface area contributed by atoms with Gasteiger partial charge in [0, 0.05) is 0 Å². The summed E-state index contributed by atoms with van der Waals surface area (Å²) in [6, 6.07) is 0. The van der Waals surface area contributed by atoms with Gasteiger partial charge in [0.05, 0.1) is 0 Å². The van der Waals surface area contributed by atoms with Gasteiger partial charge in [0.2, 0.25) is 0 Å². The molecule has 2 aliphatic rings. The molecule has 1 heteroatoms. The Bertz CT molecular complexity index is 218. The first kappa shape index (κ1) is 5.77. The molecule has 0 aromatic rings. The Hall–Kier alpha value is 0.00961. The van der Waals surface area contributed by atoms with Gasteiger partial charge in [-0.05, 0) is 0 Å². The minimum absolute atomic E-state index is 0.121. The molecule has 0 nitrogen and oxygen atoms in total. The van der Waals surface area contributed by atoms with E-state index in [0.717, 1.165) is 3.97 Å². The zero-order valence-corrected chi connectivity index (χ0v) is 7.55. The topological polar surface area (TPSA) is 0 Å². The van der Waals surface area contributed by atoms with E-state index in [9.17, 15) is 0 Å². The summed E-state index contributed by atoms with van der Waals surface area (Å²) in [5.74, 6) is 0.